The molecule has 6 nitrogen and oxygen atoms in total. The standard InChI is InChI=1S/C14H21NO5S/c1-10-13(9-12(20-10)14(16)17)21(18,19)15-8-7-11-5-3-2-4-6-11/h9,11,15H,2-8H2,1H3,(H,16,17). The lowest BCUT2D eigenvalue weighted by Crippen LogP contribution is -2.26. The highest BCUT2D eigenvalue weighted by Crippen LogP contribution is 2.26. The first kappa shape index (κ1) is 16.0. The van der Waals surface area contributed by atoms with Crippen LogP contribution < -0.4 is 4.72 Å². The zero-order valence-corrected chi connectivity index (χ0v) is 12.9. The molecule has 0 amide bonds. The molecule has 7 heteroatoms. The smallest absolute Gasteiger partial charge is 0.371 e. The quantitative estimate of drug-likeness (QED) is 0.841. The van der Waals surface area contributed by atoms with Crippen LogP contribution in [0.4, 0.5) is 0 Å². The molecule has 1 aliphatic carbocycles. The van der Waals surface area contributed by atoms with E-state index in [9.17, 15) is 13.2 Å². The number of aromatic carboxylic acids is 1. The molecule has 1 heterocycles. The molecule has 0 saturated heterocycles. The number of hydrogen-bond donors (Lipinski definition) is 2. The molecule has 0 atom stereocenters. The first-order valence-electron chi connectivity index (χ1n) is 7.23. The Bertz CT molecular complexity index is 599. The van der Waals surface area contributed by atoms with Gasteiger partial charge in [-0.2, -0.15) is 0 Å². The molecule has 1 fully saturated rings. The molecule has 1 saturated carbocycles. The molecule has 1 aromatic rings. The Kier molecular flexibility index (Phi) is 5.05. The maximum Gasteiger partial charge on any atom is 0.371 e. The second-order valence-corrected chi connectivity index (χ2v) is 7.26. The molecule has 0 bridgehead atoms. The molecule has 2 rings (SSSR count). The second-order valence-electron chi connectivity index (χ2n) is 5.53. The van der Waals surface area contributed by atoms with E-state index < -0.39 is 16.0 Å². The van der Waals surface area contributed by atoms with Gasteiger partial charge in [0.1, 0.15) is 10.7 Å². The molecular weight excluding hydrogens is 294 g/mol. The van der Waals surface area contributed by atoms with E-state index in [0.29, 0.717) is 12.5 Å². The van der Waals surface area contributed by atoms with E-state index in [1.165, 1.54) is 26.2 Å². The molecule has 0 radical (unpaired) electrons. The van der Waals surface area contributed by atoms with Gasteiger partial charge in [0.2, 0.25) is 15.8 Å². The molecule has 0 aromatic carbocycles. The van der Waals surface area contributed by atoms with Gasteiger partial charge in [-0.05, 0) is 19.3 Å². The highest BCUT2D eigenvalue weighted by atomic mass is 32.2. The highest BCUT2D eigenvalue weighted by molar-refractivity contribution is 7.89. The highest BCUT2D eigenvalue weighted by Gasteiger charge is 2.24. The minimum atomic E-state index is -3.71. The predicted octanol–water partition coefficient (Wildman–Crippen LogP) is 2.53. The largest absolute Gasteiger partial charge is 0.475 e. The fourth-order valence-electron chi connectivity index (χ4n) is 2.79. The number of sulfonamides is 1. The van der Waals surface area contributed by atoms with Crippen LogP contribution in [0.1, 0.15) is 54.8 Å². The molecule has 118 valence electrons. The molecule has 0 spiro atoms. The maximum atomic E-state index is 12.2. The number of carbonyl (C=O) groups is 1. The van der Waals surface area contributed by atoms with Crippen LogP contribution in [-0.4, -0.2) is 26.0 Å². The van der Waals surface area contributed by atoms with Crippen LogP contribution in [0.25, 0.3) is 0 Å². The SMILES string of the molecule is Cc1oc(C(=O)O)cc1S(=O)(=O)NCCC1CCCCC1. The topological polar surface area (TPSA) is 96.6 Å². The van der Waals surface area contributed by atoms with Crippen LogP contribution in [0.2, 0.25) is 0 Å². The summed E-state index contributed by atoms with van der Waals surface area (Å²) in [6.45, 7) is 1.82. The van der Waals surface area contributed by atoms with Crippen molar-refractivity contribution in [1.29, 1.82) is 0 Å². The molecule has 1 aliphatic rings. The van der Waals surface area contributed by atoms with Crippen molar-refractivity contribution in [3.63, 3.8) is 0 Å². The average Bonchev–Trinajstić information content (AvgIpc) is 2.83. The van der Waals surface area contributed by atoms with Crippen LogP contribution in [0, 0.1) is 12.8 Å². The fraction of sp³-hybridized carbons (Fsp3) is 0.643. The number of carboxylic acids is 1. The Morgan fingerprint density at radius 2 is 2.05 bits per heavy atom. The fourth-order valence-corrected chi connectivity index (χ4v) is 4.01. The van der Waals surface area contributed by atoms with Gasteiger partial charge in [0.25, 0.3) is 0 Å². The van der Waals surface area contributed by atoms with E-state index in [-0.39, 0.29) is 16.4 Å². The van der Waals surface area contributed by atoms with Crippen LogP contribution in [0.15, 0.2) is 15.4 Å². The number of furan rings is 1. The van der Waals surface area contributed by atoms with Gasteiger partial charge in [0, 0.05) is 12.6 Å². The third-order valence-corrected chi connectivity index (χ3v) is 5.51. The van der Waals surface area contributed by atoms with Gasteiger partial charge in [-0.3, -0.25) is 0 Å². The third kappa shape index (κ3) is 4.07. The van der Waals surface area contributed by atoms with Crippen LogP contribution in [0.5, 0.6) is 0 Å². The van der Waals surface area contributed by atoms with Crippen molar-refractivity contribution in [2.75, 3.05) is 6.54 Å². The minimum Gasteiger partial charge on any atom is -0.475 e. The summed E-state index contributed by atoms with van der Waals surface area (Å²) in [6.07, 6.45) is 6.86. The Balaban J connectivity index is 1.96. The molecular formula is C14H21NO5S. The zero-order chi connectivity index (χ0) is 15.5. The Labute approximate surface area is 124 Å². The van der Waals surface area contributed by atoms with Crippen molar-refractivity contribution < 1.29 is 22.7 Å². The van der Waals surface area contributed by atoms with E-state index in [2.05, 4.69) is 4.72 Å². The van der Waals surface area contributed by atoms with Gasteiger partial charge in [-0.15, -0.1) is 0 Å². The summed E-state index contributed by atoms with van der Waals surface area (Å²) in [6, 6.07) is 1.06. The Morgan fingerprint density at radius 3 is 2.62 bits per heavy atom. The van der Waals surface area contributed by atoms with E-state index in [1.807, 2.05) is 0 Å². The van der Waals surface area contributed by atoms with Gasteiger partial charge in [0.15, 0.2) is 0 Å². The van der Waals surface area contributed by atoms with Crippen LogP contribution in [0.3, 0.4) is 0 Å². The molecule has 0 aliphatic heterocycles. The lowest BCUT2D eigenvalue weighted by atomic mass is 9.87. The molecule has 0 unspecified atom stereocenters. The summed E-state index contributed by atoms with van der Waals surface area (Å²) in [7, 11) is -3.71. The monoisotopic (exact) mass is 315 g/mol. The van der Waals surface area contributed by atoms with Crippen molar-refractivity contribution in [1.82, 2.24) is 4.72 Å². The lowest BCUT2D eigenvalue weighted by molar-refractivity contribution is 0.0661. The average molecular weight is 315 g/mol. The summed E-state index contributed by atoms with van der Waals surface area (Å²) < 4.78 is 31.8. The predicted molar refractivity (Wildman–Crippen MR) is 76.8 cm³/mol. The van der Waals surface area contributed by atoms with Crippen molar-refractivity contribution >= 4 is 16.0 Å². The van der Waals surface area contributed by atoms with Crippen molar-refractivity contribution in [2.24, 2.45) is 5.92 Å². The molecule has 2 N–H and O–H groups in total. The van der Waals surface area contributed by atoms with E-state index in [0.717, 1.165) is 25.3 Å². The number of nitrogens with one attached hydrogen (secondary N) is 1. The first-order chi connectivity index (χ1) is 9.90. The maximum absolute atomic E-state index is 12.2. The number of carboxylic acid groups (broad SMARTS) is 1. The summed E-state index contributed by atoms with van der Waals surface area (Å²) >= 11 is 0. The van der Waals surface area contributed by atoms with E-state index in [4.69, 9.17) is 9.52 Å². The van der Waals surface area contributed by atoms with E-state index in [1.54, 1.807) is 0 Å². The number of hydrogen-bond acceptors (Lipinski definition) is 4. The van der Waals surface area contributed by atoms with Crippen molar-refractivity contribution in [2.45, 2.75) is 50.3 Å². The van der Waals surface area contributed by atoms with Gasteiger partial charge < -0.3 is 9.52 Å². The van der Waals surface area contributed by atoms with Gasteiger partial charge in [-0.1, -0.05) is 32.1 Å². The van der Waals surface area contributed by atoms with Gasteiger partial charge >= 0.3 is 5.97 Å². The lowest BCUT2D eigenvalue weighted by Gasteiger charge is -2.21. The second kappa shape index (κ2) is 6.62. The van der Waals surface area contributed by atoms with Crippen molar-refractivity contribution in [3.05, 3.63) is 17.6 Å². The summed E-state index contributed by atoms with van der Waals surface area (Å²) in [5.74, 6) is -0.957. The first-order valence-corrected chi connectivity index (χ1v) is 8.72. The molecule has 1 aromatic heterocycles. The van der Waals surface area contributed by atoms with Crippen LogP contribution in [-0.2, 0) is 10.0 Å². The summed E-state index contributed by atoms with van der Waals surface area (Å²) in [4.78, 5) is 10.7. The minimum absolute atomic E-state index is 0.0939. The van der Waals surface area contributed by atoms with E-state index >= 15 is 0 Å². The zero-order valence-electron chi connectivity index (χ0n) is 12.1. The normalized spacial score (nSPS) is 17.0. The summed E-state index contributed by atoms with van der Waals surface area (Å²) in [5.41, 5.74) is 0. The van der Waals surface area contributed by atoms with Gasteiger partial charge in [-0.25, -0.2) is 17.9 Å². The molecule has 21 heavy (non-hydrogen) atoms. The van der Waals surface area contributed by atoms with Crippen LogP contribution >= 0.6 is 0 Å². The Hall–Kier alpha value is -1.34. The van der Waals surface area contributed by atoms with Crippen molar-refractivity contribution in [3.8, 4) is 0 Å². The number of aryl methyl sites for hydroxylation is 1. The van der Waals surface area contributed by atoms with Gasteiger partial charge in [0.05, 0.1) is 0 Å². The Morgan fingerprint density at radius 1 is 1.38 bits per heavy atom. The number of rotatable bonds is 6. The summed E-state index contributed by atoms with van der Waals surface area (Å²) in [5, 5.41) is 8.83. The third-order valence-electron chi connectivity index (χ3n) is 3.94.